The minimum atomic E-state index is 0. The van der Waals surface area contributed by atoms with Crippen molar-refractivity contribution >= 4 is 179 Å². The molecule has 4 aliphatic rings. The maximum absolute atomic E-state index is 6.21. The number of rotatable bonds is 8. The molecule has 0 bridgehead atoms. The summed E-state index contributed by atoms with van der Waals surface area (Å²) in [7, 11) is 0. The number of hydrogen-bond donors (Lipinski definition) is 0. The number of furan rings is 4. The number of fused-ring (bicyclic) bond motifs is 16. The zero-order valence-corrected chi connectivity index (χ0v) is 74.4. The van der Waals surface area contributed by atoms with Crippen molar-refractivity contribution in [1.29, 1.82) is 0 Å². The Morgan fingerprint density at radius 3 is 0.933 bits per heavy atom. The molecule has 7 aromatic heterocycles. The quantitative estimate of drug-likeness (QED) is 0.134. The van der Waals surface area contributed by atoms with Gasteiger partial charge in [0.25, 0.3) is 0 Å². The van der Waals surface area contributed by atoms with Gasteiger partial charge in [-0.25, -0.2) is 15.0 Å². The summed E-state index contributed by atoms with van der Waals surface area (Å²) < 4.78 is 24.4. The van der Waals surface area contributed by atoms with E-state index in [9.17, 15) is 0 Å². The number of hydrogen-bond acceptors (Lipinski definition) is 15. The third-order valence-electron chi connectivity index (χ3n) is 22.0. The van der Waals surface area contributed by atoms with Crippen molar-refractivity contribution in [2.75, 3.05) is 39.2 Å². The molecule has 0 amide bonds. The molecule has 0 N–H and O–H groups in total. The largest absolute Gasteiger partial charge is 0.493 e. The van der Waals surface area contributed by atoms with Crippen LogP contribution < -0.4 is 39.2 Å². The molecule has 0 fully saturated rings. The molecule has 15 nitrogen and oxygen atoms in total. The van der Waals surface area contributed by atoms with Gasteiger partial charge in [-0.3, -0.25) is 0 Å². The van der Waals surface area contributed by atoms with Crippen LogP contribution in [0, 0.1) is 78.6 Å². The van der Waals surface area contributed by atoms with Crippen LogP contribution in [0.2, 0.25) is 0 Å². The molecule has 19 heteroatoms. The summed E-state index contributed by atoms with van der Waals surface area (Å²) >= 11 is 0. The Labute approximate surface area is 747 Å². The first-order chi connectivity index (χ1) is 57.2. The molecule has 13 aromatic carbocycles. The van der Waals surface area contributed by atoms with Crippen LogP contribution in [0.15, 0.2) is 340 Å². The summed E-state index contributed by atoms with van der Waals surface area (Å²) in [6.45, 7) is 17.0. The standard InChI is InChI=1S/C26H18N2O.3C25H17N3O.4Ir/c1-18-21(15-16-25-26(18)20-11-5-8-14-24(20)29-25)28-17-27(19-9-3-2-4-10-19)22-12-6-7-13-23(22)28;1-17-21(14-13-20-19-10-5-6-12-23(19)29-24(17)20)28-16-27(18-8-3-2-4-9-18)25-22(28)11-7-15-26-25;1-17-20(13-14-23-24(17)19-10-5-6-12-22(19)29-23)28-16-27(18-8-3-2-4-9-18)25-21(28)11-7-15-26-25;1-17-20(13-14-23-24(17)19-10-5-6-12-22(19)29-23)28-16-27(18-8-3-2-4-9-18)21-11-7-15-26-25(21)28;;;;/h2-9,11-17H,1H3;3*2-8,10-16H,1H3;;;;/q4*-2;;;;. The van der Waals surface area contributed by atoms with E-state index in [1.165, 1.54) is 22.1 Å². The smallest absolute Gasteiger partial charge is 0.140 e. The van der Waals surface area contributed by atoms with Gasteiger partial charge in [-0.15, -0.1) is 49.4 Å². The van der Waals surface area contributed by atoms with Crippen molar-refractivity contribution in [3.8, 4) is 0 Å². The Hall–Kier alpha value is -12.5. The minimum absolute atomic E-state index is 0. The molecular weight excluding hydrogens is 2200 g/mol. The first kappa shape index (κ1) is 79.9. The summed E-state index contributed by atoms with van der Waals surface area (Å²) in [5.74, 6) is 2.69. The second-order valence-corrected chi connectivity index (χ2v) is 28.7. The molecule has 596 valence electrons. The van der Waals surface area contributed by atoms with Crippen molar-refractivity contribution in [2.45, 2.75) is 27.7 Å². The van der Waals surface area contributed by atoms with Gasteiger partial charge < -0.3 is 56.9 Å². The monoisotopic (exact) mass is 2270 g/mol. The maximum Gasteiger partial charge on any atom is 0.140 e. The Bertz CT molecular complexity index is 6640. The van der Waals surface area contributed by atoms with Crippen LogP contribution in [-0.2, 0) is 80.4 Å². The Balaban J connectivity index is 0.000000113. The first-order valence-corrected chi connectivity index (χ1v) is 38.4. The van der Waals surface area contributed by atoms with Gasteiger partial charge in [0.15, 0.2) is 0 Å². The topological polar surface area (TPSA) is 117 Å². The van der Waals surface area contributed by atoms with Crippen molar-refractivity contribution in [2.24, 2.45) is 0 Å². The molecular formula is C101H69Ir4N11O4-8. The molecule has 120 heavy (non-hydrogen) atoms. The fourth-order valence-electron chi connectivity index (χ4n) is 16.6. The van der Waals surface area contributed by atoms with E-state index >= 15 is 0 Å². The van der Waals surface area contributed by atoms with Crippen molar-refractivity contribution in [3.63, 3.8) is 0 Å². The fraction of sp³-hybridized carbons (Fsp3) is 0.0396. The second-order valence-electron chi connectivity index (χ2n) is 28.7. The van der Waals surface area contributed by atoms with Crippen LogP contribution in [0.5, 0.6) is 0 Å². The van der Waals surface area contributed by atoms with Crippen molar-refractivity contribution < 1.29 is 98.1 Å². The van der Waals surface area contributed by atoms with Gasteiger partial charge in [0, 0.05) is 182 Å². The number of benzene rings is 13. The van der Waals surface area contributed by atoms with Crippen LogP contribution in [0.25, 0.3) is 87.8 Å². The van der Waals surface area contributed by atoms with Crippen molar-refractivity contribution in [1.82, 2.24) is 15.0 Å². The molecule has 4 aliphatic heterocycles. The molecule has 20 aromatic rings. The fourth-order valence-corrected chi connectivity index (χ4v) is 16.6. The van der Waals surface area contributed by atoms with Gasteiger partial charge in [-0.1, -0.05) is 84.9 Å². The average Bonchev–Trinajstić information content (AvgIpc) is 1.61. The van der Waals surface area contributed by atoms with E-state index in [-0.39, 0.29) is 80.4 Å². The predicted molar refractivity (Wildman–Crippen MR) is 468 cm³/mol. The number of pyridine rings is 3. The normalized spacial score (nSPS) is 13.0. The summed E-state index contributed by atoms with van der Waals surface area (Å²) in [5.41, 5.74) is 25.7. The predicted octanol–water partition coefficient (Wildman–Crippen LogP) is 26.6. The average molecular weight is 2270 g/mol. The van der Waals surface area contributed by atoms with E-state index in [1.807, 2.05) is 182 Å². The second kappa shape index (κ2) is 33.7. The van der Waals surface area contributed by atoms with E-state index in [2.05, 4.69) is 272 Å². The van der Waals surface area contributed by atoms with E-state index in [1.54, 1.807) is 0 Å². The van der Waals surface area contributed by atoms with E-state index in [0.717, 1.165) is 179 Å². The van der Waals surface area contributed by atoms with Crippen molar-refractivity contribution in [3.05, 3.63) is 395 Å². The molecule has 0 aliphatic carbocycles. The van der Waals surface area contributed by atoms with Gasteiger partial charge in [-0.05, 0) is 166 Å². The number of para-hydroxylation sites is 10. The summed E-state index contributed by atoms with van der Waals surface area (Å²) in [6, 6.07) is 115. The van der Waals surface area contributed by atoms with E-state index < -0.39 is 0 Å². The molecule has 24 rings (SSSR count). The first-order valence-electron chi connectivity index (χ1n) is 38.4. The molecule has 0 spiro atoms. The van der Waals surface area contributed by atoms with E-state index in [0.29, 0.717) is 0 Å². The summed E-state index contributed by atoms with van der Waals surface area (Å²) in [6.07, 6.45) is 5.48. The number of nitrogens with zero attached hydrogens (tertiary/aromatic N) is 11. The Morgan fingerprint density at radius 1 is 0.225 bits per heavy atom. The molecule has 0 saturated carbocycles. The SMILES string of the molecule is Cc1c(N2[CH-]N(c3[c-]cccc3)c3ccccc32)ccc2oc3ccccc3c12.Cc1c(N2[CH-]N(c3[c-]cccc3)c3cccnc32)ccc2oc3ccccc3c12.Cc1c(N2[CH-]N(c3[c-]cccc3)c3ncccc32)ccc2c1oc1ccccc12.Cc1c(N2[CH-]N(c3[c-]cccc3)c3ncccc32)ccc2oc3ccccc3c12.[Ir].[Ir].[Ir].[Ir]. The maximum atomic E-state index is 6.21. The Kier molecular flexibility index (Phi) is 22.5. The summed E-state index contributed by atoms with van der Waals surface area (Å²) in [5, 5.41) is 9.19. The molecule has 0 saturated heterocycles. The Morgan fingerprint density at radius 2 is 0.517 bits per heavy atom. The molecule has 11 heterocycles. The van der Waals surface area contributed by atoms with Crippen LogP contribution in [-0.4, -0.2) is 15.0 Å². The zero-order chi connectivity index (χ0) is 77.5. The number of aromatic nitrogens is 3. The summed E-state index contributed by atoms with van der Waals surface area (Å²) in [4.78, 5) is 31.2. The third kappa shape index (κ3) is 13.9. The van der Waals surface area contributed by atoms with E-state index in [4.69, 9.17) is 17.7 Å². The molecule has 0 unspecified atom stereocenters. The van der Waals surface area contributed by atoms with Crippen LogP contribution >= 0.6 is 0 Å². The number of anilines is 16. The molecule has 0 atom stereocenters. The minimum Gasteiger partial charge on any atom is -0.493 e. The van der Waals surface area contributed by atoms with Crippen LogP contribution in [0.1, 0.15) is 22.3 Å². The third-order valence-corrected chi connectivity index (χ3v) is 22.0. The number of aryl methyl sites for hydroxylation is 4. The zero-order valence-electron chi connectivity index (χ0n) is 64.8. The van der Waals surface area contributed by atoms with Gasteiger partial charge in [0.05, 0.1) is 17.1 Å². The van der Waals surface area contributed by atoms with Gasteiger partial charge >= 0.3 is 0 Å². The van der Waals surface area contributed by atoms with Gasteiger partial charge in [-0.2, -0.15) is 121 Å². The molecule has 4 radical (unpaired) electrons. The van der Waals surface area contributed by atoms with Gasteiger partial charge in [0.1, 0.15) is 62.1 Å². The van der Waals surface area contributed by atoms with Gasteiger partial charge in [0.2, 0.25) is 0 Å². The van der Waals surface area contributed by atoms with Crippen LogP contribution in [0.4, 0.5) is 91.4 Å². The van der Waals surface area contributed by atoms with Crippen LogP contribution in [0.3, 0.4) is 0 Å².